The summed E-state index contributed by atoms with van der Waals surface area (Å²) in [5.41, 5.74) is 5.04. The van der Waals surface area contributed by atoms with Gasteiger partial charge in [-0.25, -0.2) is 4.79 Å². The molecule has 1 aromatic carbocycles. The number of rotatable bonds is 10. The molecule has 2 aliphatic carbocycles. The van der Waals surface area contributed by atoms with Crippen LogP contribution in [-0.4, -0.2) is 69.7 Å². The molecule has 0 bridgehead atoms. The molecule has 2 unspecified atom stereocenters. The van der Waals surface area contributed by atoms with Crippen LogP contribution in [0, 0.1) is 23.2 Å². The first-order valence-corrected chi connectivity index (χ1v) is 12.9. The van der Waals surface area contributed by atoms with Gasteiger partial charge in [0.15, 0.2) is 6.10 Å². The summed E-state index contributed by atoms with van der Waals surface area (Å²) in [7, 11) is 0. The topological polar surface area (TPSA) is 162 Å². The largest absolute Gasteiger partial charge is 0.465 e. The third-order valence-corrected chi connectivity index (χ3v) is 8.80. The van der Waals surface area contributed by atoms with Crippen molar-refractivity contribution < 1.29 is 29.4 Å². The Morgan fingerprint density at radius 2 is 1.76 bits per heavy atom. The number of nitrogens with one attached hydrogen (secondary N) is 2. The van der Waals surface area contributed by atoms with Crippen LogP contribution in [0.15, 0.2) is 30.3 Å². The lowest BCUT2D eigenvalue weighted by Gasteiger charge is -2.39. The number of fused-ring (bicyclic) bond motifs is 1. The Morgan fingerprint density at radius 3 is 2.30 bits per heavy atom. The van der Waals surface area contributed by atoms with E-state index in [2.05, 4.69) is 10.6 Å². The van der Waals surface area contributed by atoms with Crippen molar-refractivity contribution in [2.45, 2.75) is 76.6 Å². The van der Waals surface area contributed by atoms with E-state index in [9.17, 15) is 29.4 Å². The number of amides is 4. The van der Waals surface area contributed by atoms with Gasteiger partial charge in [0.1, 0.15) is 12.1 Å². The summed E-state index contributed by atoms with van der Waals surface area (Å²) in [6.07, 6.45) is -0.515. The van der Waals surface area contributed by atoms with Crippen molar-refractivity contribution in [3.63, 3.8) is 0 Å². The maximum atomic E-state index is 14.0. The highest BCUT2D eigenvalue weighted by Crippen LogP contribution is 2.65. The number of aliphatic hydroxyl groups is 1. The molecule has 1 aromatic rings. The zero-order valence-corrected chi connectivity index (χ0v) is 21.8. The van der Waals surface area contributed by atoms with E-state index in [1.807, 2.05) is 44.2 Å². The highest BCUT2D eigenvalue weighted by atomic mass is 16.4. The Balaban J connectivity index is 1.62. The van der Waals surface area contributed by atoms with Crippen LogP contribution in [0.2, 0.25) is 0 Å². The van der Waals surface area contributed by atoms with Gasteiger partial charge in [-0.15, -0.1) is 0 Å². The lowest BCUT2D eigenvalue weighted by molar-refractivity contribution is -0.144. The molecule has 4 amide bonds. The van der Waals surface area contributed by atoms with Gasteiger partial charge < -0.3 is 31.5 Å². The summed E-state index contributed by atoms with van der Waals surface area (Å²) in [5, 5.41) is 25.2. The molecule has 1 heterocycles. The normalized spacial score (nSPS) is 26.4. The van der Waals surface area contributed by atoms with Crippen LogP contribution in [0.3, 0.4) is 0 Å². The van der Waals surface area contributed by atoms with Crippen molar-refractivity contribution in [1.29, 1.82) is 0 Å². The zero-order chi connectivity index (χ0) is 27.3. The van der Waals surface area contributed by atoms with Gasteiger partial charge in [0.25, 0.3) is 0 Å². The fraction of sp³-hybridized carbons (Fsp3) is 0.630. The van der Waals surface area contributed by atoms with Crippen LogP contribution in [0.1, 0.15) is 52.5 Å². The monoisotopic (exact) mass is 514 g/mol. The number of primary amides is 1. The van der Waals surface area contributed by atoms with Crippen LogP contribution in [-0.2, 0) is 19.8 Å². The number of likely N-dealkylation sites (tertiary alicyclic amines) is 1. The second-order valence-corrected chi connectivity index (χ2v) is 12.0. The van der Waals surface area contributed by atoms with Gasteiger partial charge >= 0.3 is 6.09 Å². The first-order valence-electron chi connectivity index (χ1n) is 12.9. The van der Waals surface area contributed by atoms with Crippen LogP contribution < -0.4 is 16.4 Å². The lowest BCUT2D eigenvalue weighted by atomic mass is 9.77. The van der Waals surface area contributed by atoms with Gasteiger partial charge in [-0.2, -0.15) is 0 Å². The SMILES string of the molecule is CC(C)(c1ccccc1)[C@H](NC(=O)O)C(=O)N1C[C@H]2[C@@H]([C@H]1C(=O)NC(CC1CC1)C(O)C(N)=O)C2(C)C. The minimum Gasteiger partial charge on any atom is -0.465 e. The third kappa shape index (κ3) is 5.16. The van der Waals surface area contributed by atoms with Gasteiger partial charge in [0, 0.05) is 12.0 Å². The Kier molecular flexibility index (Phi) is 7.00. The van der Waals surface area contributed by atoms with Gasteiger partial charge in [-0.1, -0.05) is 70.9 Å². The summed E-state index contributed by atoms with van der Waals surface area (Å²) < 4.78 is 0. The molecule has 10 heteroatoms. The predicted molar refractivity (Wildman–Crippen MR) is 135 cm³/mol. The maximum Gasteiger partial charge on any atom is 0.405 e. The molecule has 202 valence electrons. The van der Waals surface area contributed by atoms with Crippen molar-refractivity contribution in [2.24, 2.45) is 28.9 Å². The molecule has 3 fully saturated rings. The number of aliphatic hydroxyl groups excluding tert-OH is 1. The van der Waals surface area contributed by atoms with Crippen molar-refractivity contribution in [3.8, 4) is 0 Å². The predicted octanol–water partition coefficient (Wildman–Crippen LogP) is 1.21. The summed E-state index contributed by atoms with van der Waals surface area (Å²) in [4.78, 5) is 52.6. The van der Waals surface area contributed by atoms with Crippen LogP contribution in [0.25, 0.3) is 0 Å². The molecule has 1 saturated heterocycles. The van der Waals surface area contributed by atoms with Crippen LogP contribution in [0.5, 0.6) is 0 Å². The summed E-state index contributed by atoms with van der Waals surface area (Å²) >= 11 is 0. The highest BCUT2D eigenvalue weighted by Gasteiger charge is 2.70. The quantitative estimate of drug-likeness (QED) is 0.315. The standard InChI is InChI=1S/C27H38N4O6/c1-26(2,15-8-6-5-7-9-15)21(30-25(36)37)24(35)31-13-16-18(27(16,3)4)19(31)23(34)29-17(12-14-10-11-14)20(32)22(28)33/h5-9,14,16-21,30,32H,10-13H2,1-4H3,(H2,28,33)(H,29,34)(H,36,37)/t16-,17?,18-,19-,20?,21+/m0/s1. The second kappa shape index (κ2) is 9.63. The van der Waals surface area contributed by atoms with Crippen molar-refractivity contribution in [2.75, 3.05) is 6.54 Å². The molecule has 6 N–H and O–H groups in total. The molecular formula is C27H38N4O6. The third-order valence-electron chi connectivity index (χ3n) is 8.80. The molecule has 37 heavy (non-hydrogen) atoms. The average Bonchev–Trinajstić information content (AvgIpc) is 3.69. The van der Waals surface area contributed by atoms with E-state index in [1.54, 1.807) is 13.8 Å². The highest BCUT2D eigenvalue weighted by molar-refractivity contribution is 5.94. The van der Waals surface area contributed by atoms with Crippen LogP contribution >= 0.6 is 0 Å². The number of carbonyl (C=O) groups excluding carboxylic acids is 3. The molecule has 6 atom stereocenters. The smallest absolute Gasteiger partial charge is 0.405 e. The number of carboxylic acid groups (broad SMARTS) is 1. The number of carbonyl (C=O) groups is 4. The van der Waals surface area contributed by atoms with E-state index < -0.39 is 53.5 Å². The number of nitrogens with zero attached hydrogens (tertiary/aromatic N) is 1. The number of benzene rings is 1. The fourth-order valence-electron chi connectivity index (χ4n) is 6.13. The zero-order valence-electron chi connectivity index (χ0n) is 21.8. The maximum absolute atomic E-state index is 14.0. The van der Waals surface area contributed by atoms with Crippen molar-refractivity contribution in [1.82, 2.24) is 15.5 Å². The molecule has 2 saturated carbocycles. The molecule has 0 radical (unpaired) electrons. The average molecular weight is 515 g/mol. The lowest BCUT2D eigenvalue weighted by Crippen LogP contribution is -2.62. The van der Waals surface area contributed by atoms with E-state index in [0.717, 1.165) is 18.4 Å². The Labute approximate surface area is 217 Å². The molecule has 0 aromatic heterocycles. The van der Waals surface area contributed by atoms with E-state index in [4.69, 9.17) is 5.73 Å². The number of piperidine rings is 1. The van der Waals surface area contributed by atoms with E-state index in [-0.39, 0.29) is 17.3 Å². The Hall–Kier alpha value is -3.14. The van der Waals surface area contributed by atoms with Crippen molar-refractivity contribution >= 4 is 23.8 Å². The van der Waals surface area contributed by atoms with E-state index >= 15 is 0 Å². The van der Waals surface area contributed by atoms with Gasteiger partial charge in [0.2, 0.25) is 17.7 Å². The van der Waals surface area contributed by atoms with Crippen LogP contribution in [0.4, 0.5) is 4.79 Å². The fourth-order valence-corrected chi connectivity index (χ4v) is 6.13. The molecule has 0 spiro atoms. The molecule has 10 nitrogen and oxygen atoms in total. The van der Waals surface area contributed by atoms with E-state index in [1.165, 1.54) is 4.90 Å². The Bertz CT molecular complexity index is 1070. The second-order valence-electron chi connectivity index (χ2n) is 12.0. The minimum absolute atomic E-state index is 0.0838. The van der Waals surface area contributed by atoms with Crippen molar-refractivity contribution in [3.05, 3.63) is 35.9 Å². The molecular weight excluding hydrogens is 476 g/mol. The molecule has 3 aliphatic rings. The summed E-state index contributed by atoms with van der Waals surface area (Å²) in [6, 6.07) is 6.35. The first kappa shape index (κ1) is 26.9. The van der Waals surface area contributed by atoms with Gasteiger partial charge in [-0.05, 0) is 35.2 Å². The van der Waals surface area contributed by atoms with Gasteiger partial charge in [0.05, 0.1) is 6.04 Å². The summed E-state index contributed by atoms with van der Waals surface area (Å²) in [5.74, 6) is -1.57. The number of hydrogen-bond acceptors (Lipinski definition) is 5. The first-order chi connectivity index (χ1) is 17.3. The number of nitrogens with two attached hydrogens (primary N) is 1. The Morgan fingerprint density at radius 1 is 1.14 bits per heavy atom. The summed E-state index contributed by atoms with van der Waals surface area (Å²) in [6.45, 7) is 8.01. The van der Waals surface area contributed by atoms with E-state index in [0.29, 0.717) is 18.9 Å². The molecule has 1 aliphatic heterocycles. The number of hydrogen-bond donors (Lipinski definition) is 5. The van der Waals surface area contributed by atoms with Gasteiger partial charge in [-0.3, -0.25) is 14.4 Å². The minimum atomic E-state index is -1.53. The molecule has 4 rings (SSSR count).